The van der Waals surface area contributed by atoms with Gasteiger partial charge in [0.1, 0.15) is 11.7 Å². The summed E-state index contributed by atoms with van der Waals surface area (Å²) in [6, 6.07) is 2.09. The first-order valence-electron chi connectivity index (χ1n) is 9.56. The molecule has 3 aromatic rings. The fourth-order valence-corrected chi connectivity index (χ4v) is 3.95. The van der Waals surface area contributed by atoms with Gasteiger partial charge in [-0.1, -0.05) is 0 Å². The van der Waals surface area contributed by atoms with Crippen LogP contribution < -0.4 is 10.5 Å². The van der Waals surface area contributed by atoms with Crippen molar-refractivity contribution < 1.29 is 5.11 Å². The van der Waals surface area contributed by atoms with Crippen molar-refractivity contribution in [1.29, 1.82) is 0 Å². The molecule has 1 aliphatic rings. The molecule has 8 heteroatoms. The van der Waals surface area contributed by atoms with Crippen molar-refractivity contribution in [3.8, 4) is 0 Å². The standard InChI is InChI=1S/C20H26N6O2/c1-13-10-22-20(23-11-13)26-8-5-14(6-9-26)25(3)18(27)16-12-24(2)19(28)17-15(16)4-7-21-17/h4,7,10-12,14,18,21,27H,5-6,8-9H2,1-3H3. The second kappa shape index (κ2) is 7.37. The Morgan fingerprint density at radius 1 is 1.29 bits per heavy atom. The summed E-state index contributed by atoms with van der Waals surface area (Å²) in [7, 11) is 3.65. The molecule has 1 saturated heterocycles. The summed E-state index contributed by atoms with van der Waals surface area (Å²) in [4.78, 5) is 28.3. The summed E-state index contributed by atoms with van der Waals surface area (Å²) < 4.78 is 1.52. The van der Waals surface area contributed by atoms with E-state index in [0.717, 1.165) is 48.4 Å². The van der Waals surface area contributed by atoms with E-state index in [0.29, 0.717) is 5.52 Å². The van der Waals surface area contributed by atoms with Gasteiger partial charge in [-0.15, -0.1) is 0 Å². The number of rotatable bonds is 4. The molecule has 28 heavy (non-hydrogen) atoms. The first-order valence-corrected chi connectivity index (χ1v) is 9.56. The number of hydrogen-bond donors (Lipinski definition) is 2. The van der Waals surface area contributed by atoms with Gasteiger partial charge in [0.05, 0.1) is 0 Å². The molecule has 148 valence electrons. The molecule has 0 bridgehead atoms. The minimum Gasteiger partial charge on any atom is -0.374 e. The maximum absolute atomic E-state index is 12.2. The molecule has 1 fully saturated rings. The summed E-state index contributed by atoms with van der Waals surface area (Å²) in [5.74, 6) is 0.763. The first-order chi connectivity index (χ1) is 13.5. The van der Waals surface area contributed by atoms with Crippen molar-refractivity contribution in [3.63, 3.8) is 0 Å². The molecular formula is C20H26N6O2. The number of H-pyrrole nitrogens is 1. The lowest BCUT2D eigenvalue weighted by molar-refractivity contribution is -0.0138. The maximum atomic E-state index is 12.2. The quantitative estimate of drug-likeness (QED) is 0.666. The van der Waals surface area contributed by atoms with Crippen LogP contribution in [0.15, 0.2) is 35.6 Å². The molecular weight excluding hydrogens is 356 g/mol. The van der Waals surface area contributed by atoms with E-state index in [4.69, 9.17) is 0 Å². The van der Waals surface area contributed by atoms with Crippen LogP contribution in [0.3, 0.4) is 0 Å². The van der Waals surface area contributed by atoms with E-state index in [1.807, 2.05) is 37.3 Å². The normalized spacial score (nSPS) is 16.8. The summed E-state index contributed by atoms with van der Waals surface area (Å²) in [5.41, 5.74) is 2.23. The van der Waals surface area contributed by atoms with Gasteiger partial charge < -0.3 is 19.6 Å². The SMILES string of the molecule is Cc1cnc(N2CCC(N(C)C(O)c3cn(C)c(=O)c4[nH]ccc34)CC2)nc1. The molecule has 4 rings (SSSR count). The highest BCUT2D eigenvalue weighted by Gasteiger charge is 2.29. The maximum Gasteiger partial charge on any atom is 0.274 e. The summed E-state index contributed by atoms with van der Waals surface area (Å²) in [6.45, 7) is 3.67. The number of aliphatic hydroxyl groups is 1. The number of fused-ring (bicyclic) bond motifs is 1. The highest BCUT2D eigenvalue weighted by Crippen LogP contribution is 2.28. The van der Waals surface area contributed by atoms with Gasteiger partial charge in [0.2, 0.25) is 5.95 Å². The molecule has 4 heterocycles. The molecule has 3 aromatic heterocycles. The van der Waals surface area contributed by atoms with Crippen LogP contribution in [0.4, 0.5) is 5.95 Å². The average molecular weight is 382 g/mol. The topological polar surface area (TPSA) is 90.3 Å². The molecule has 1 aliphatic heterocycles. The Morgan fingerprint density at radius 2 is 1.96 bits per heavy atom. The predicted octanol–water partition coefficient (Wildman–Crippen LogP) is 1.56. The number of aromatic nitrogens is 4. The number of anilines is 1. The lowest BCUT2D eigenvalue weighted by Crippen LogP contribution is -2.45. The van der Waals surface area contributed by atoms with Crippen LogP contribution in [0, 0.1) is 6.92 Å². The fourth-order valence-electron chi connectivity index (χ4n) is 3.95. The highest BCUT2D eigenvalue weighted by molar-refractivity contribution is 5.82. The minimum absolute atomic E-state index is 0.0926. The third-order valence-electron chi connectivity index (χ3n) is 5.68. The zero-order chi connectivity index (χ0) is 19.8. The summed E-state index contributed by atoms with van der Waals surface area (Å²) in [6.07, 6.45) is 8.19. The van der Waals surface area contributed by atoms with Crippen molar-refractivity contribution >= 4 is 16.9 Å². The van der Waals surface area contributed by atoms with Gasteiger partial charge in [-0.2, -0.15) is 0 Å². The second-order valence-corrected chi connectivity index (χ2v) is 7.58. The Kier molecular flexibility index (Phi) is 4.91. The Hall–Kier alpha value is -2.71. The highest BCUT2D eigenvalue weighted by atomic mass is 16.3. The van der Waals surface area contributed by atoms with Crippen LogP contribution in [-0.4, -0.2) is 55.7 Å². The van der Waals surface area contributed by atoms with Crippen LogP contribution in [0.1, 0.15) is 30.2 Å². The molecule has 0 saturated carbocycles. The van der Waals surface area contributed by atoms with E-state index in [-0.39, 0.29) is 11.6 Å². The van der Waals surface area contributed by atoms with Gasteiger partial charge in [0, 0.05) is 61.9 Å². The summed E-state index contributed by atoms with van der Waals surface area (Å²) >= 11 is 0. The lowest BCUT2D eigenvalue weighted by Gasteiger charge is -2.38. The van der Waals surface area contributed by atoms with Crippen molar-refractivity contribution in [2.45, 2.75) is 32.0 Å². The van der Waals surface area contributed by atoms with E-state index in [9.17, 15) is 9.90 Å². The molecule has 8 nitrogen and oxygen atoms in total. The van der Waals surface area contributed by atoms with Crippen molar-refractivity contribution in [1.82, 2.24) is 24.4 Å². The van der Waals surface area contributed by atoms with Crippen molar-refractivity contribution in [3.05, 3.63) is 52.3 Å². The Balaban J connectivity index is 1.49. The molecule has 0 amide bonds. The number of nitrogens with zero attached hydrogens (tertiary/aromatic N) is 5. The molecule has 0 spiro atoms. The fraction of sp³-hybridized carbons (Fsp3) is 0.450. The monoisotopic (exact) mass is 382 g/mol. The van der Waals surface area contributed by atoms with Crippen molar-refractivity contribution in [2.75, 3.05) is 25.0 Å². The number of piperidine rings is 1. The van der Waals surface area contributed by atoms with Gasteiger partial charge in [0.25, 0.3) is 5.56 Å². The van der Waals surface area contributed by atoms with Crippen molar-refractivity contribution in [2.24, 2.45) is 7.05 Å². The molecule has 1 atom stereocenters. The first kappa shape index (κ1) is 18.6. The van der Waals surface area contributed by atoms with E-state index >= 15 is 0 Å². The van der Waals surface area contributed by atoms with Gasteiger partial charge in [-0.3, -0.25) is 9.69 Å². The van der Waals surface area contributed by atoms with Gasteiger partial charge in [-0.25, -0.2) is 9.97 Å². The smallest absolute Gasteiger partial charge is 0.274 e. The van der Waals surface area contributed by atoms with Crippen LogP contribution >= 0.6 is 0 Å². The predicted molar refractivity (Wildman–Crippen MR) is 108 cm³/mol. The number of aryl methyl sites for hydroxylation is 2. The van der Waals surface area contributed by atoms with Gasteiger partial charge >= 0.3 is 0 Å². The number of hydrogen-bond acceptors (Lipinski definition) is 6. The third-order valence-corrected chi connectivity index (χ3v) is 5.68. The second-order valence-electron chi connectivity index (χ2n) is 7.58. The van der Waals surface area contributed by atoms with Crippen LogP contribution in [-0.2, 0) is 7.05 Å². The van der Waals surface area contributed by atoms with E-state index in [2.05, 4.69) is 19.9 Å². The molecule has 0 aliphatic carbocycles. The zero-order valence-corrected chi connectivity index (χ0v) is 16.5. The summed E-state index contributed by atoms with van der Waals surface area (Å²) in [5, 5.41) is 11.8. The molecule has 2 N–H and O–H groups in total. The van der Waals surface area contributed by atoms with Crippen LogP contribution in [0.2, 0.25) is 0 Å². The number of pyridine rings is 1. The van der Waals surface area contributed by atoms with Gasteiger partial charge in [-0.05, 0) is 38.4 Å². The molecule has 0 aromatic carbocycles. The molecule has 1 unspecified atom stereocenters. The third kappa shape index (κ3) is 3.29. The lowest BCUT2D eigenvalue weighted by atomic mass is 10.0. The Morgan fingerprint density at radius 3 is 2.64 bits per heavy atom. The number of nitrogens with one attached hydrogen (secondary N) is 1. The Labute approximate surface area is 163 Å². The zero-order valence-electron chi connectivity index (χ0n) is 16.5. The average Bonchev–Trinajstić information content (AvgIpc) is 3.20. The number of aromatic amines is 1. The Bertz CT molecular complexity index is 1020. The number of aliphatic hydroxyl groups excluding tert-OH is 1. The minimum atomic E-state index is -0.780. The van der Waals surface area contributed by atoms with Gasteiger partial charge in [0.15, 0.2) is 0 Å². The van der Waals surface area contributed by atoms with E-state index in [1.54, 1.807) is 19.4 Å². The van der Waals surface area contributed by atoms with E-state index in [1.165, 1.54) is 4.57 Å². The molecule has 0 radical (unpaired) electrons. The largest absolute Gasteiger partial charge is 0.374 e. The van der Waals surface area contributed by atoms with Crippen LogP contribution in [0.25, 0.3) is 10.9 Å². The van der Waals surface area contributed by atoms with E-state index < -0.39 is 6.23 Å². The van der Waals surface area contributed by atoms with Crippen LogP contribution in [0.5, 0.6) is 0 Å².